The second-order valence-electron chi connectivity index (χ2n) is 4.12. The zero-order valence-electron chi connectivity index (χ0n) is 10.8. The summed E-state index contributed by atoms with van der Waals surface area (Å²) < 4.78 is 18.5. The maximum absolute atomic E-state index is 13.4. The Morgan fingerprint density at radius 1 is 1.45 bits per heavy atom. The van der Waals surface area contributed by atoms with Gasteiger partial charge < -0.3 is 4.74 Å². The third-order valence-electron chi connectivity index (χ3n) is 2.89. The topological polar surface area (TPSA) is 73.1 Å². The van der Waals surface area contributed by atoms with Gasteiger partial charge in [0.15, 0.2) is 0 Å². The second kappa shape index (κ2) is 6.60. The first kappa shape index (κ1) is 14.6. The molecule has 0 fully saturated rings. The van der Waals surface area contributed by atoms with Crippen LogP contribution in [0.1, 0.15) is 17.3 Å². The average Bonchev–Trinajstić information content (AvgIpc) is 2.49. The first-order valence-electron chi connectivity index (χ1n) is 5.90. The summed E-state index contributed by atoms with van der Waals surface area (Å²) in [6.45, 7) is 0. The fourth-order valence-electron chi connectivity index (χ4n) is 1.83. The Hall–Kier alpha value is -1.76. The predicted molar refractivity (Wildman–Crippen MR) is 73.8 cm³/mol. The number of halogens is 2. The minimum Gasteiger partial charge on any atom is -0.481 e. The lowest BCUT2D eigenvalue weighted by Gasteiger charge is -2.16. The van der Waals surface area contributed by atoms with Crippen LogP contribution in [0.5, 0.6) is 5.88 Å². The molecule has 0 saturated carbocycles. The number of nitrogens with two attached hydrogens (primary N) is 1. The van der Waals surface area contributed by atoms with Crippen LogP contribution in [0.2, 0.25) is 5.02 Å². The minimum atomic E-state index is -0.458. The van der Waals surface area contributed by atoms with Crippen molar-refractivity contribution >= 4 is 11.6 Å². The van der Waals surface area contributed by atoms with E-state index in [1.54, 1.807) is 18.2 Å². The highest BCUT2D eigenvalue weighted by molar-refractivity contribution is 6.31. The van der Waals surface area contributed by atoms with Gasteiger partial charge in [-0.15, -0.1) is 0 Å². The molecule has 0 saturated heterocycles. The normalized spacial score (nSPS) is 12.2. The highest BCUT2D eigenvalue weighted by Crippen LogP contribution is 2.25. The summed E-state index contributed by atoms with van der Waals surface area (Å²) in [5.41, 5.74) is 3.92. The Balaban J connectivity index is 2.26. The van der Waals surface area contributed by atoms with E-state index >= 15 is 0 Å². The SMILES string of the molecule is COc1cc(C(Cc2cccc(F)c2Cl)NN)ncn1. The van der Waals surface area contributed by atoms with Crippen molar-refractivity contribution < 1.29 is 9.13 Å². The summed E-state index contributed by atoms with van der Waals surface area (Å²) in [6.07, 6.45) is 1.78. The smallest absolute Gasteiger partial charge is 0.216 e. The first-order valence-corrected chi connectivity index (χ1v) is 6.28. The Morgan fingerprint density at radius 3 is 2.95 bits per heavy atom. The number of aromatic nitrogens is 2. The van der Waals surface area contributed by atoms with Crippen molar-refractivity contribution in [2.24, 2.45) is 5.84 Å². The van der Waals surface area contributed by atoms with E-state index in [4.69, 9.17) is 22.2 Å². The van der Waals surface area contributed by atoms with Gasteiger partial charge in [-0.25, -0.2) is 14.4 Å². The molecule has 0 bridgehead atoms. The number of rotatable bonds is 5. The van der Waals surface area contributed by atoms with E-state index in [-0.39, 0.29) is 11.1 Å². The molecule has 7 heteroatoms. The molecule has 0 amide bonds. The first-order chi connectivity index (χ1) is 9.65. The van der Waals surface area contributed by atoms with E-state index in [2.05, 4.69) is 15.4 Å². The number of nitrogens with one attached hydrogen (secondary N) is 1. The van der Waals surface area contributed by atoms with Crippen LogP contribution in [-0.4, -0.2) is 17.1 Å². The van der Waals surface area contributed by atoms with Crippen LogP contribution >= 0.6 is 11.6 Å². The van der Waals surface area contributed by atoms with Gasteiger partial charge in [-0.1, -0.05) is 23.7 Å². The van der Waals surface area contributed by atoms with Crippen LogP contribution in [0.15, 0.2) is 30.6 Å². The van der Waals surface area contributed by atoms with E-state index in [0.717, 1.165) is 0 Å². The largest absolute Gasteiger partial charge is 0.481 e. The van der Waals surface area contributed by atoms with Crippen molar-refractivity contribution in [2.75, 3.05) is 7.11 Å². The van der Waals surface area contributed by atoms with Crippen molar-refractivity contribution in [3.8, 4) is 5.88 Å². The molecule has 1 unspecified atom stereocenters. The van der Waals surface area contributed by atoms with Gasteiger partial charge in [0.2, 0.25) is 5.88 Å². The van der Waals surface area contributed by atoms with Gasteiger partial charge in [-0.3, -0.25) is 11.3 Å². The lowest BCUT2D eigenvalue weighted by atomic mass is 10.0. The van der Waals surface area contributed by atoms with Gasteiger partial charge in [-0.2, -0.15) is 0 Å². The summed E-state index contributed by atoms with van der Waals surface area (Å²) in [6, 6.07) is 5.99. The quantitative estimate of drug-likeness (QED) is 0.652. The Labute approximate surface area is 120 Å². The van der Waals surface area contributed by atoms with Gasteiger partial charge >= 0.3 is 0 Å². The number of ether oxygens (including phenoxy) is 1. The van der Waals surface area contributed by atoms with Crippen LogP contribution < -0.4 is 16.0 Å². The Morgan fingerprint density at radius 2 is 2.25 bits per heavy atom. The van der Waals surface area contributed by atoms with Crippen LogP contribution in [0.25, 0.3) is 0 Å². The van der Waals surface area contributed by atoms with Gasteiger partial charge in [0.1, 0.15) is 12.1 Å². The molecule has 0 spiro atoms. The number of methoxy groups -OCH3 is 1. The van der Waals surface area contributed by atoms with E-state index in [1.807, 2.05) is 0 Å². The molecule has 1 atom stereocenters. The zero-order chi connectivity index (χ0) is 14.5. The van der Waals surface area contributed by atoms with E-state index < -0.39 is 5.82 Å². The third kappa shape index (κ3) is 3.22. The maximum Gasteiger partial charge on any atom is 0.216 e. The highest BCUT2D eigenvalue weighted by atomic mass is 35.5. The minimum absolute atomic E-state index is 0.0915. The van der Waals surface area contributed by atoms with Crippen molar-refractivity contribution in [1.82, 2.24) is 15.4 Å². The number of hydrogen-bond acceptors (Lipinski definition) is 5. The molecule has 20 heavy (non-hydrogen) atoms. The summed E-state index contributed by atoms with van der Waals surface area (Å²) >= 11 is 5.94. The molecule has 1 aromatic carbocycles. The second-order valence-corrected chi connectivity index (χ2v) is 4.50. The molecule has 1 aromatic heterocycles. The van der Waals surface area contributed by atoms with Crippen molar-refractivity contribution in [3.05, 3.63) is 52.7 Å². The average molecular weight is 297 g/mol. The Bertz CT molecular complexity index is 596. The van der Waals surface area contributed by atoms with Crippen molar-refractivity contribution in [3.63, 3.8) is 0 Å². The fourth-order valence-corrected chi connectivity index (χ4v) is 2.03. The van der Waals surface area contributed by atoms with E-state index in [0.29, 0.717) is 23.6 Å². The van der Waals surface area contributed by atoms with Gasteiger partial charge in [0.25, 0.3) is 0 Å². The molecule has 0 aliphatic rings. The predicted octanol–water partition coefficient (Wildman–Crippen LogP) is 2.02. The molecule has 3 N–H and O–H groups in total. The summed E-state index contributed by atoms with van der Waals surface area (Å²) in [4.78, 5) is 8.06. The van der Waals surface area contributed by atoms with E-state index in [1.165, 1.54) is 19.5 Å². The van der Waals surface area contributed by atoms with E-state index in [9.17, 15) is 4.39 Å². The van der Waals surface area contributed by atoms with Crippen LogP contribution in [0, 0.1) is 5.82 Å². The van der Waals surface area contributed by atoms with Crippen LogP contribution in [-0.2, 0) is 6.42 Å². The number of benzene rings is 1. The lowest BCUT2D eigenvalue weighted by Crippen LogP contribution is -2.30. The molecular formula is C13H14ClFN4O. The van der Waals surface area contributed by atoms with Crippen molar-refractivity contribution in [1.29, 1.82) is 0 Å². The molecule has 0 aliphatic carbocycles. The number of hydrazine groups is 1. The third-order valence-corrected chi connectivity index (χ3v) is 3.31. The highest BCUT2D eigenvalue weighted by Gasteiger charge is 2.16. The molecule has 2 rings (SSSR count). The van der Waals surface area contributed by atoms with Crippen LogP contribution in [0.4, 0.5) is 4.39 Å². The van der Waals surface area contributed by atoms with Gasteiger partial charge in [0.05, 0.1) is 23.9 Å². The van der Waals surface area contributed by atoms with Gasteiger partial charge in [-0.05, 0) is 18.1 Å². The standard InChI is InChI=1S/C13H14ClFN4O/c1-20-12-6-10(17-7-18-12)11(19-16)5-8-3-2-4-9(15)13(8)14/h2-4,6-7,11,19H,5,16H2,1H3. The number of nitrogens with zero attached hydrogens (tertiary/aromatic N) is 2. The lowest BCUT2D eigenvalue weighted by molar-refractivity contribution is 0.393. The molecule has 0 radical (unpaired) electrons. The molecule has 1 heterocycles. The molecule has 2 aromatic rings. The zero-order valence-corrected chi connectivity index (χ0v) is 11.6. The summed E-state index contributed by atoms with van der Waals surface area (Å²) in [5.74, 6) is 5.52. The maximum atomic E-state index is 13.4. The molecular weight excluding hydrogens is 283 g/mol. The van der Waals surface area contributed by atoms with Gasteiger partial charge in [0, 0.05) is 6.07 Å². The molecule has 5 nitrogen and oxygen atoms in total. The summed E-state index contributed by atoms with van der Waals surface area (Å²) in [5, 5.41) is 0.0915. The Kier molecular flexibility index (Phi) is 4.84. The fraction of sp³-hybridized carbons (Fsp3) is 0.231. The number of hydrogen-bond donors (Lipinski definition) is 2. The summed E-state index contributed by atoms with van der Waals surface area (Å²) in [7, 11) is 1.51. The van der Waals surface area contributed by atoms with Crippen LogP contribution in [0.3, 0.4) is 0 Å². The monoisotopic (exact) mass is 296 g/mol. The van der Waals surface area contributed by atoms with Crippen molar-refractivity contribution in [2.45, 2.75) is 12.5 Å². The molecule has 106 valence electrons. The molecule has 0 aliphatic heterocycles.